The molecule has 108 valence electrons. The van der Waals surface area contributed by atoms with E-state index in [0.717, 1.165) is 11.1 Å². The molecule has 2 N–H and O–H groups in total. The molecule has 4 nitrogen and oxygen atoms in total. The standard InChI is InChI=1S/C15H19FN2O2/c1-9-7-17-11-6-5-10(13(16)12(9)11)8-18-14(19)20-15(2,3)4/h5-7,17H,8H2,1-4H3,(H,18,19). The fourth-order valence-electron chi connectivity index (χ4n) is 2.00. The van der Waals surface area contributed by atoms with Crippen molar-refractivity contribution in [2.24, 2.45) is 0 Å². The summed E-state index contributed by atoms with van der Waals surface area (Å²) in [4.78, 5) is 14.6. The summed E-state index contributed by atoms with van der Waals surface area (Å²) < 4.78 is 19.5. The third kappa shape index (κ3) is 3.10. The van der Waals surface area contributed by atoms with Crippen LogP contribution in [-0.4, -0.2) is 16.7 Å². The molecule has 1 aromatic carbocycles. The van der Waals surface area contributed by atoms with Crippen LogP contribution in [0.25, 0.3) is 10.9 Å². The first-order chi connectivity index (χ1) is 9.28. The first-order valence-corrected chi connectivity index (χ1v) is 6.50. The van der Waals surface area contributed by atoms with Crippen molar-refractivity contribution in [3.63, 3.8) is 0 Å². The van der Waals surface area contributed by atoms with Crippen molar-refractivity contribution in [2.45, 2.75) is 39.8 Å². The van der Waals surface area contributed by atoms with Gasteiger partial charge in [0.25, 0.3) is 0 Å². The van der Waals surface area contributed by atoms with E-state index in [9.17, 15) is 9.18 Å². The van der Waals surface area contributed by atoms with Crippen LogP contribution in [0.2, 0.25) is 0 Å². The van der Waals surface area contributed by atoms with E-state index >= 15 is 0 Å². The largest absolute Gasteiger partial charge is 0.444 e. The summed E-state index contributed by atoms with van der Waals surface area (Å²) in [6, 6.07) is 3.46. The molecular weight excluding hydrogens is 259 g/mol. The van der Waals surface area contributed by atoms with E-state index < -0.39 is 11.7 Å². The zero-order valence-electron chi connectivity index (χ0n) is 12.1. The second-order valence-electron chi connectivity index (χ2n) is 5.79. The lowest BCUT2D eigenvalue weighted by atomic mass is 10.1. The maximum atomic E-state index is 14.3. The summed E-state index contributed by atoms with van der Waals surface area (Å²) in [5.74, 6) is -0.308. The molecule has 0 unspecified atom stereocenters. The minimum Gasteiger partial charge on any atom is -0.444 e. The Balaban J connectivity index is 2.12. The average Bonchev–Trinajstić information content (AvgIpc) is 2.68. The van der Waals surface area contributed by atoms with Gasteiger partial charge in [0.1, 0.15) is 11.4 Å². The van der Waals surface area contributed by atoms with Crippen LogP contribution in [0.1, 0.15) is 31.9 Å². The number of benzene rings is 1. The third-order valence-electron chi connectivity index (χ3n) is 2.88. The second-order valence-corrected chi connectivity index (χ2v) is 5.79. The Bertz CT molecular complexity index is 641. The quantitative estimate of drug-likeness (QED) is 0.881. The lowest BCUT2D eigenvalue weighted by molar-refractivity contribution is 0.0523. The summed E-state index contributed by atoms with van der Waals surface area (Å²) in [5.41, 5.74) is 1.47. The van der Waals surface area contributed by atoms with Gasteiger partial charge >= 0.3 is 6.09 Å². The maximum Gasteiger partial charge on any atom is 0.407 e. The lowest BCUT2D eigenvalue weighted by Crippen LogP contribution is -2.32. The third-order valence-corrected chi connectivity index (χ3v) is 2.88. The Hall–Kier alpha value is -2.04. The Morgan fingerprint density at radius 1 is 1.40 bits per heavy atom. The van der Waals surface area contributed by atoms with E-state index in [1.807, 2.05) is 6.92 Å². The zero-order valence-corrected chi connectivity index (χ0v) is 12.1. The van der Waals surface area contributed by atoms with Gasteiger partial charge in [0.15, 0.2) is 0 Å². The number of hydrogen-bond acceptors (Lipinski definition) is 2. The highest BCUT2D eigenvalue weighted by atomic mass is 19.1. The SMILES string of the molecule is Cc1c[nH]c2ccc(CNC(=O)OC(C)(C)C)c(F)c12. The van der Waals surface area contributed by atoms with Crippen molar-refractivity contribution < 1.29 is 13.9 Å². The number of aromatic nitrogens is 1. The summed E-state index contributed by atoms with van der Waals surface area (Å²) in [7, 11) is 0. The molecule has 20 heavy (non-hydrogen) atoms. The van der Waals surface area contributed by atoms with Gasteiger partial charge in [-0.1, -0.05) is 6.07 Å². The van der Waals surface area contributed by atoms with Gasteiger partial charge in [-0.3, -0.25) is 0 Å². The maximum absolute atomic E-state index is 14.3. The van der Waals surface area contributed by atoms with Crippen LogP contribution < -0.4 is 5.32 Å². The van der Waals surface area contributed by atoms with Crippen LogP contribution in [-0.2, 0) is 11.3 Å². The van der Waals surface area contributed by atoms with Gasteiger partial charge in [0.05, 0.1) is 0 Å². The lowest BCUT2D eigenvalue weighted by Gasteiger charge is -2.19. The Labute approximate surface area is 117 Å². The molecule has 0 fully saturated rings. The van der Waals surface area contributed by atoms with Gasteiger partial charge in [-0.25, -0.2) is 9.18 Å². The normalized spacial score (nSPS) is 11.7. The molecule has 0 spiro atoms. The highest BCUT2D eigenvalue weighted by Crippen LogP contribution is 2.23. The minimum absolute atomic E-state index is 0.0985. The molecule has 0 saturated heterocycles. The van der Waals surface area contributed by atoms with Crippen molar-refractivity contribution in [3.8, 4) is 0 Å². The molecule has 0 bridgehead atoms. The van der Waals surface area contributed by atoms with E-state index in [-0.39, 0.29) is 12.4 Å². The van der Waals surface area contributed by atoms with Crippen molar-refractivity contribution >= 4 is 17.0 Å². The van der Waals surface area contributed by atoms with E-state index in [0.29, 0.717) is 10.9 Å². The summed E-state index contributed by atoms with van der Waals surface area (Å²) in [6.45, 7) is 7.28. The van der Waals surface area contributed by atoms with Crippen LogP contribution in [0.5, 0.6) is 0 Å². The van der Waals surface area contributed by atoms with Gasteiger partial charge in [-0.05, 0) is 39.3 Å². The molecule has 2 rings (SSSR count). The number of ether oxygens (including phenoxy) is 1. The molecule has 1 amide bonds. The van der Waals surface area contributed by atoms with Crippen LogP contribution in [0.3, 0.4) is 0 Å². The number of amides is 1. The Morgan fingerprint density at radius 2 is 2.10 bits per heavy atom. The van der Waals surface area contributed by atoms with Gasteiger partial charge in [-0.15, -0.1) is 0 Å². The van der Waals surface area contributed by atoms with Crippen LogP contribution in [0.4, 0.5) is 9.18 Å². The van der Waals surface area contributed by atoms with Gasteiger partial charge in [-0.2, -0.15) is 0 Å². The number of halogens is 1. The number of fused-ring (bicyclic) bond motifs is 1. The summed E-state index contributed by atoms with van der Waals surface area (Å²) >= 11 is 0. The van der Waals surface area contributed by atoms with Crippen LogP contribution >= 0.6 is 0 Å². The molecule has 0 radical (unpaired) electrons. The smallest absolute Gasteiger partial charge is 0.407 e. The molecule has 5 heteroatoms. The molecule has 0 aliphatic heterocycles. The number of H-pyrrole nitrogens is 1. The zero-order chi connectivity index (χ0) is 14.9. The number of nitrogens with one attached hydrogen (secondary N) is 2. The molecule has 1 heterocycles. The molecule has 2 aromatic rings. The highest BCUT2D eigenvalue weighted by molar-refractivity contribution is 5.84. The summed E-state index contributed by atoms with van der Waals surface area (Å²) in [5, 5.41) is 3.12. The van der Waals surface area contributed by atoms with Crippen molar-refractivity contribution in [1.82, 2.24) is 10.3 Å². The summed E-state index contributed by atoms with van der Waals surface area (Å²) in [6.07, 6.45) is 1.21. The van der Waals surface area contributed by atoms with Crippen LogP contribution in [0.15, 0.2) is 18.3 Å². The van der Waals surface area contributed by atoms with E-state index in [1.54, 1.807) is 39.1 Å². The van der Waals surface area contributed by atoms with Gasteiger partial charge in [0, 0.05) is 29.2 Å². The highest BCUT2D eigenvalue weighted by Gasteiger charge is 2.17. The Morgan fingerprint density at radius 3 is 2.75 bits per heavy atom. The number of hydrogen-bond donors (Lipinski definition) is 2. The van der Waals surface area contributed by atoms with Crippen molar-refractivity contribution in [3.05, 3.63) is 35.3 Å². The number of aryl methyl sites for hydroxylation is 1. The monoisotopic (exact) mass is 278 g/mol. The molecular formula is C15H19FN2O2. The number of carbonyl (C=O) groups is 1. The number of alkyl carbamates (subject to hydrolysis) is 1. The van der Waals surface area contributed by atoms with Crippen molar-refractivity contribution in [1.29, 1.82) is 0 Å². The van der Waals surface area contributed by atoms with Crippen molar-refractivity contribution in [2.75, 3.05) is 0 Å². The first-order valence-electron chi connectivity index (χ1n) is 6.50. The fraction of sp³-hybridized carbons (Fsp3) is 0.400. The van der Waals surface area contributed by atoms with E-state index in [4.69, 9.17) is 4.74 Å². The fourth-order valence-corrected chi connectivity index (χ4v) is 2.00. The number of aromatic amines is 1. The Kier molecular flexibility index (Phi) is 3.70. The average molecular weight is 278 g/mol. The number of rotatable bonds is 2. The molecule has 0 saturated carbocycles. The van der Waals surface area contributed by atoms with Gasteiger partial charge in [0.2, 0.25) is 0 Å². The second kappa shape index (κ2) is 5.15. The minimum atomic E-state index is -0.566. The molecule has 0 aliphatic carbocycles. The predicted molar refractivity (Wildman–Crippen MR) is 76.1 cm³/mol. The molecule has 1 aromatic heterocycles. The first kappa shape index (κ1) is 14.4. The van der Waals surface area contributed by atoms with E-state index in [2.05, 4.69) is 10.3 Å². The van der Waals surface area contributed by atoms with E-state index in [1.165, 1.54) is 0 Å². The van der Waals surface area contributed by atoms with Gasteiger partial charge < -0.3 is 15.0 Å². The predicted octanol–water partition coefficient (Wildman–Crippen LogP) is 3.64. The molecule has 0 aliphatic rings. The molecule has 0 atom stereocenters. The number of carbonyl (C=O) groups excluding carboxylic acids is 1. The topological polar surface area (TPSA) is 54.1 Å². The van der Waals surface area contributed by atoms with Crippen LogP contribution in [0, 0.1) is 12.7 Å².